The second-order valence-electron chi connectivity index (χ2n) is 7.52. The van der Waals surface area contributed by atoms with Crippen molar-refractivity contribution in [1.29, 1.82) is 0 Å². The van der Waals surface area contributed by atoms with Crippen LogP contribution in [0.2, 0.25) is 0 Å². The van der Waals surface area contributed by atoms with E-state index in [9.17, 15) is 14.7 Å². The van der Waals surface area contributed by atoms with Gasteiger partial charge in [-0.15, -0.1) is 0 Å². The lowest BCUT2D eigenvalue weighted by Gasteiger charge is -2.12. The number of pyridine rings is 1. The number of ether oxygens (including phenoxy) is 1. The molecule has 0 aliphatic heterocycles. The van der Waals surface area contributed by atoms with Crippen molar-refractivity contribution in [3.05, 3.63) is 71.4 Å². The third kappa shape index (κ3) is 4.06. The number of carbonyl (C=O) groups excluding carboxylic acids is 1. The van der Waals surface area contributed by atoms with E-state index in [1.165, 1.54) is 0 Å². The van der Waals surface area contributed by atoms with E-state index in [1.807, 2.05) is 37.3 Å². The van der Waals surface area contributed by atoms with Crippen LogP contribution in [0.25, 0.3) is 10.9 Å². The summed E-state index contributed by atoms with van der Waals surface area (Å²) in [5, 5.41) is 13.0. The van der Waals surface area contributed by atoms with Crippen LogP contribution in [0.4, 0.5) is 0 Å². The number of carbonyl (C=O) groups is 2. The SMILES string of the molecule is Cc1cc(COc2ccc(C(=O)NCC3(C(=O)O)CC3)cc2)c2ccccc2n1. The van der Waals surface area contributed by atoms with Gasteiger partial charge in [0.2, 0.25) is 0 Å². The maximum atomic E-state index is 12.3. The molecule has 2 aromatic carbocycles. The standard InChI is InChI=1S/C23H22N2O4/c1-15-12-17(19-4-2-3-5-20(19)25-15)13-29-18-8-6-16(7-9-18)21(26)24-14-23(10-11-23)22(27)28/h2-9,12H,10-11,13-14H2,1H3,(H,24,26)(H,27,28). The Morgan fingerprint density at radius 3 is 2.55 bits per heavy atom. The zero-order chi connectivity index (χ0) is 20.4. The largest absolute Gasteiger partial charge is 0.489 e. The highest BCUT2D eigenvalue weighted by atomic mass is 16.5. The molecular formula is C23H22N2O4. The van der Waals surface area contributed by atoms with Crippen molar-refractivity contribution >= 4 is 22.8 Å². The number of para-hydroxylation sites is 1. The first-order chi connectivity index (χ1) is 14.0. The molecule has 1 heterocycles. The van der Waals surface area contributed by atoms with Gasteiger partial charge in [0, 0.05) is 28.8 Å². The van der Waals surface area contributed by atoms with Crippen molar-refractivity contribution in [2.75, 3.05) is 6.54 Å². The summed E-state index contributed by atoms with van der Waals surface area (Å²) in [7, 11) is 0. The highest BCUT2D eigenvalue weighted by molar-refractivity contribution is 5.94. The molecule has 1 aliphatic carbocycles. The molecule has 0 saturated heterocycles. The first kappa shape index (κ1) is 18.9. The molecule has 0 atom stereocenters. The molecule has 6 heteroatoms. The minimum atomic E-state index is -0.847. The molecule has 1 saturated carbocycles. The van der Waals surface area contributed by atoms with Crippen molar-refractivity contribution in [3.63, 3.8) is 0 Å². The lowest BCUT2D eigenvalue weighted by Crippen LogP contribution is -2.34. The number of aromatic nitrogens is 1. The van der Waals surface area contributed by atoms with Crippen LogP contribution in [0, 0.1) is 12.3 Å². The van der Waals surface area contributed by atoms with E-state index in [1.54, 1.807) is 24.3 Å². The second kappa shape index (κ2) is 7.54. The molecule has 1 aromatic heterocycles. The Morgan fingerprint density at radius 2 is 1.86 bits per heavy atom. The van der Waals surface area contributed by atoms with E-state index < -0.39 is 11.4 Å². The van der Waals surface area contributed by atoms with E-state index in [0.717, 1.165) is 22.2 Å². The van der Waals surface area contributed by atoms with Gasteiger partial charge < -0.3 is 15.2 Å². The molecule has 0 bridgehead atoms. The van der Waals surface area contributed by atoms with Gasteiger partial charge in [0.25, 0.3) is 5.91 Å². The van der Waals surface area contributed by atoms with Gasteiger partial charge in [-0.2, -0.15) is 0 Å². The molecule has 4 rings (SSSR count). The van der Waals surface area contributed by atoms with E-state index in [2.05, 4.69) is 10.3 Å². The molecule has 0 unspecified atom stereocenters. The zero-order valence-corrected chi connectivity index (χ0v) is 16.1. The number of aryl methyl sites for hydroxylation is 1. The molecule has 0 radical (unpaired) electrons. The van der Waals surface area contributed by atoms with Crippen LogP contribution in [-0.4, -0.2) is 28.5 Å². The Morgan fingerprint density at radius 1 is 1.14 bits per heavy atom. The monoisotopic (exact) mass is 390 g/mol. The molecule has 1 aliphatic rings. The van der Waals surface area contributed by atoms with Crippen LogP contribution in [0.3, 0.4) is 0 Å². The predicted molar refractivity (Wildman–Crippen MR) is 109 cm³/mol. The normalized spacial score (nSPS) is 14.4. The number of fused-ring (bicyclic) bond motifs is 1. The smallest absolute Gasteiger partial charge is 0.311 e. The number of carboxylic acids is 1. The van der Waals surface area contributed by atoms with Gasteiger partial charge in [-0.1, -0.05) is 18.2 Å². The summed E-state index contributed by atoms with van der Waals surface area (Å²) in [6.45, 7) is 2.52. The van der Waals surface area contributed by atoms with Crippen molar-refractivity contribution in [3.8, 4) is 5.75 Å². The molecule has 148 valence electrons. The summed E-state index contributed by atoms with van der Waals surface area (Å²) in [4.78, 5) is 28.0. The lowest BCUT2D eigenvalue weighted by atomic mass is 10.1. The minimum Gasteiger partial charge on any atom is -0.489 e. The molecule has 1 amide bonds. The molecule has 2 N–H and O–H groups in total. The average molecular weight is 390 g/mol. The molecular weight excluding hydrogens is 368 g/mol. The summed E-state index contributed by atoms with van der Waals surface area (Å²) < 4.78 is 5.91. The van der Waals surface area contributed by atoms with Crippen LogP contribution in [-0.2, 0) is 11.4 Å². The minimum absolute atomic E-state index is 0.161. The number of nitrogens with zero attached hydrogens (tertiary/aromatic N) is 1. The Bertz CT molecular complexity index is 1070. The van der Waals surface area contributed by atoms with Crippen LogP contribution in [0.5, 0.6) is 5.75 Å². The zero-order valence-electron chi connectivity index (χ0n) is 16.1. The fourth-order valence-corrected chi connectivity index (χ4v) is 3.35. The van der Waals surface area contributed by atoms with Gasteiger partial charge >= 0.3 is 5.97 Å². The fourth-order valence-electron chi connectivity index (χ4n) is 3.35. The van der Waals surface area contributed by atoms with Gasteiger partial charge in [-0.05, 0) is 56.2 Å². The Kier molecular flexibility index (Phi) is 4.92. The van der Waals surface area contributed by atoms with Crippen molar-refractivity contribution in [2.45, 2.75) is 26.4 Å². The van der Waals surface area contributed by atoms with E-state index in [4.69, 9.17) is 4.74 Å². The number of carboxylic acid groups (broad SMARTS) is 1. The number of hydrogen-bond acceptors (Lipinski definition) is 4. The number of nitrogens with one attached hydrogen (secondary N) is 1. The molecule has 29 heavy (non-hydrogen) atoms. The quantitative estimate of drug-likeness (QED) is 0.642. The third-order valence-electron chi connectivity index (χ3n) is 5.34. The van der Waals surface area contributed by atoms with Crippen molar-refractivity contribution in [1.82, 2.24) is 10.3 Å². The summed E-state index contributed by atoms with van der Waals surface area (Å²) in [5.41, 5.74) is 2.63. The molecule has 1 fully saturated rings. The topological polar surface area (TPSA) is 88.5 Å². The highest BCUT2D eigenvalue weighted by Crippen LogP contribution is 2.45. The van der Waals surface area contributed by atoms with Crippen molar-refractivity contribution in [2.24, 2.45) is 5.41 Å². The van der Waals surface area contributed by atoms with Crippen LogP contribution < -0.4 is 10.1 Å². The number of hydrogen-bond donors (Lipinski definition) is 2. The summed E-state index contributed by atoms with van der Waals surface area (Å²) in [6, 6.07) is 16.8. The average Bonchev–Trinajstić information content (AvgIpc) is 3.52. The van der Waals surface area contributed by atoms with Crippen molar-refractivity contribution < 1.29 is 19.4 Å². The number of aliphatic carboxylic acids is 1. The maximum Gasteiger partial charge on any atom is 0.311 e. The first-order valence-corrected chi connectivity index (χ1v) is 9.57. The van der Waals surface area contributed by atoms with E-state index in [0.29, 0.717) is 30.8 Å². The maximum absolute atomic E-state index is 12.3. The number of rotatable bonds is 7. The Balaban J connectivity index is 1.39. The van der Waals surface area contributed by atoms with Gasteiger partial charge in [0.15, 0.2) is 0 Å². The second-order valence-corrected chi connectivity index (χ2v) is 7.52. The Hall–Kier alpha value is -3.41. The molecule has 0 spiro atoms. The fraction of sp³-hybridized carbons (Fsp3) is 0.261. The van der Waals surface area contributed by atoms with E-state index in [-0.39, 0.29) is 12.5 Å². The molecule has 3 aromatic rings. The van der Waals surface area contributed by atoms with Gasteiger partial charge in [0.05, 0.1) is 10.9 Å². The number of benzene rings is 2. The predicted octanol–water partition coefficient (Wildman–Crippen LogP) is 3.72. The van der Waals surface area contributed by atoms with Crippen LogP contribution in [0.15, 0.2) is 54.6 Å². The molecule has 6 nitrogen and oxygen atoms in total. The van der Waals surface area contributed by atoms with Gasteiger partial charge in [0.1, 0.15) is 12.4 Å². The van der Waals surface area contributed by atoms with Crippen LogP contribution >= 0.6 is 0 Å². The van der Waals surface area contributed by atoms with Gasteiger partial charge in [-0.3, -0.25) is 14.6 Å². The Labute approximate surface area is 168 Å². The number of amides is 1. The van der Waals surface area contributed by atoms with Crippen LogP contribution in [0.1, 0.15) is 34.5 Å². The third-order valence-corrected chi connectivity index (χ3v) is 5.34. The highest BCUT2D eigenvalue weighted by Gasteiger charge is 2.50. The summed E-state index contributed by atoms with van der Waals surface area (Å²) in [6.07, 6.45) is 1.22. The summed E-state index contributed by atoms with van der Waals surface area (Å²) in [5.74, 6) is -0.468. The van der Waals surface area contributed by atoms with Gasteiger partial charge in [-0.25, -0.2) is 0 Å². The lowest BCUT2D eigenvalue weighted by molar-refractivity contribution is -0.143. The van der Waals surface area contributed by atoms with E-state index >= 15 is 0 Å². The first-order valence-electron chi connectivity index (χ1n) is 9.57. The summed E-state index contributed by atoms with van der Waals surface area (Å²) >= 11 is 0.